The summed E-state index contributed by atoms with van der Waals surface area (Å²) in [4.78, 5) is 10.8. The molecule has 0 aliphatic carbocycles. The fourth-order valence-electron chi connectivity index (χ4n) is 0.939. The molecule has 0 aliphatic rings. The Morgan fingerprint density at radius 1 is 1.50 bits per heavy atom. The van der Waals surface area contributed by atoms with Gasteiger partial charge in [0.05, 0.1) is 12.7 Å². The van der Waals surface area contributed by atoms with E-state index in [4.69, 9.17) is 0 Å². The van der Waals surface area contributed by atoms with Gasteiger partial charge in [-0.25, -0.2) is 4.39 Å². The molecule has 0 amide bonds. The summed E-state index contributed by atoms with van der Waals surface area (Å²) < 4.78 is 19.0. The molecule has 0 saturated carbocycles. The molecule has 0 fully saturated rings. The van der Waals surface area contributed by atoms with Gasteiger partial charge in [-0.05, 0) is 28.1 Å². The molecule has 0 heterocycles. The van der Waals surface area contributed by atoms with Crippen LogP contribution in [0.15, 0.2) is 21.1 Å². The van der Waals surface area contributed by atoms with Crippen LogP contribution in [-0.2, 0) is 9.53 Å². The molecule has 84 valence electrons. The first-order chi connectivity index (χ1) is 7.54. The van der Waals surface area contributed by atoms with Crippen molar-refractivity contribution in [2.45, 2.75) is 6.42 Å². The first kappa shape index (κ1) is 13.2. The van der Waals surface area contributed by atoms with E-state index >= 15 is 0 Å². The zero-order valence-corrected chi connectivity index (χ0v) is 11.5. The number of methoxy groups -OCH3 is 1. The van der Waals surface area contributed by atoms with Gasteiger partial charge in [-0.2, -0.15) is 0 Å². The Kier molecular flexibility index (Phi) is 4.97. The maximum atomic E-state index is 13.4. The third kappa shape index (κ3) is 3.62. The fraction of sp³-hybridized carbons (Fsp3) is 0.182. The van der Waals surface area contributed by atoms with Gasteiger partial charge in [0.15, 0.2) is 0 Å². The summed E-state index contributed by atoms with van der Waals surface area (Å²) in [7, 11) is 1.28. The summed E-state index contributed by atoms with van der Waals surface area (Å²) in [5.74, 6) is 4.23. The molecule has 5 heteroatoms. The first-order valence-corrected chi connectivity index (χ1v) is 5.83. The van der Waals surface area contributed by atoms with Crippen molar-refractivity contribution < 1.29 is 13.9 Å². The molecule has 0 spiro atoms. The largest absolute Gasteiger partial charge is 0.468 e. The standard InChI is InChI=1S/C11H7Br2FO2/c1-16-11(15)4-2-3-8-9(13)5-7(12)6-10(8)14/h5-6H,4H2,1H3. The molecular weight excluding hydrogens is 343 g/mol. The number of rotatable bonds is 1. The number of carbonyl (C=O) groups is 1. The Morgan fingerprint density at radius 3 is 2.75 bits per heavy atom. The molecule has 0 N–H and O–H groups in total. The van der Waals surface area contributed by atoms with Crippen molar-refractivity contribution in [1.29, 1.82) is 0 Å². The molecule has 0 radical (unpaired) electrons. The van der Waals surface area contributed by atoms with Gasteiger partial charge in [-0.1, -0.05) is 27.8 Å². The Morgan fingerprint density at radius 2 is 2.19 bits per heavy atom. The molecule has 0 unspecified atom stereocenters. The molecule has 0 aromatic heterocycles. The number of halogens is 3. The highest BCUT2D eigenvalue weighted by Gasteiger charge is 2.05. The topological polar surface area (TPSA) is 26.3 Å². The number of hydrogen-bond acceptors (Lipinski definition) is 2. The smallest absolute Gasteiger partial charge is 0.317 e. The van der Waals surface area contributed by atoms with Crippen LogP contribution in [0, 0.1) is 17.7 Å². The van der Waals surface area contributed by atoms with Gasteiger partial charge in [-0.3, -0.25) is 4.79 Å². The van der Waals surface area contributed by atoms with Crippen LogP contribution in [0.3, 0.4) is 0 Å². The number of benzene rings is 1. The van der Waals surface area contributed by atoms with E-state index in [1.54, 1.807) is 6.07 Å². The van der Waals surface area contributed by atoms with Crippen LogP contribution in [-0.4, -0.2) is 13.1 Å². The normalized spacial score (nSPS) is 9.25. The van der Waals surface area contributed by atoms with Crippen molar-refractivity contribution in [1.82, 2.24) is 0 Å². The Bertz CT molecular complexity index is 452. The third-order valence-electron chi connectivity index (χ3n) is 1.68. The minimum atomic E-state index is -0.446. The maximum absolute atomic E-state index is 13.4. The van der Waals surface area contributed by atoms with E-state index in [2.05, 4.69) is 48.4 Å². The highest BCUT2D eigenvalue weighted by molar-refractivity contribution is 9.11. The summed E-state index contributed by atoms with van der Waals surface area (Å²) in [6.45, 7) is 0. The summed E-state index contributed by atoms with van der Waals surface area (Å²) in [5, 5.41) is 0. The summed E-state index contributed by atoms with van der Waals surface area (Å²) in [6, 6.07) is 3.00. The number of carbonyl (C=O) groups excluding carboxylic acids is 1. The zero-order valence-electron chi connectivity index (χ0n) is 8.31. The van der Waals surface area contributed by atoms with E-state index < -0.39 is 11.8 Å². The maximum Gasteiger partial charge on any atom is 0.317 e. The van der Waals surface area contributed by atoms with E-state index in [1.807, 2.05) is 0 Å². The first-order valence-electron chi connectivity index (χ1n) is 4.25. The minimum Gasteiger partial charge on any atom is -0.468 e. The van der Waals surface area contributed by atoms with Crippen LogP contribution in [0.5, 0.6) is 0 Å². The Hall–Kier alpha value is -0.860. The van der Waals surface area contributed by atoms with Gasteiger partial charge in [0.25, 0.3) is 0 Å². The lowest BCUT2D eigenvalue weighted by molar-refractivity contribution is -0.139. The van der Waals surface area contributed by atoms with Crippen LogP contribution in [0.4, 0.5) is 4.39 Å². The summed E-state index contributed by atoms with van der Waals surface area (Å²) in [5.41, 5.74) is 0.229. The molecule has 1 aromatic carbocycles. The van der Waals surface area contributed by atoms with Gasteiger partial charge < -0.3 is 4.74 Å². The van der Waals surface area contributed by atoms with Crippen molar-refractivity contribution >= 4 is 37.8 Å². The van der Waals surface area contributed by atoms with Gasteiger partial charge in [0.1, 0.15) is 12.2 Å². The van der Waals surface area contributed by atoms with E-state index in [0.29, 0.717) is 8.95 Å². The average Bonchev–Trinajstić information content (AvgIpc) is 2.21. The van der Waals surface area contributed by atoms with Crippen LogP contribution >= 0.6 is 31.9 Å². The average molecular weight is 350 g/mol. The van der Waals surface area contributed by atoms with Crippen LogP contribution in [0.1, 0.15) is 12.0 Å². The van der Waals surface area contributed by atoms with Crippen LogP contribution in [0.25, 0.3) is 0 Å². The van der Waals surface area contributed by atoms with Crippen molar-refractivity contribution in [3.8, 4) is 11.8 Å². The molecule has 0 saturated heterocycles. The minimum absolute atomic E-state index is 0.0571. The van der Waals surface area contributed by atoms with Crippen molar-refractivity contribution in [3.05, 3.63) is 32.5 Å². The molecule has 1 aromatic rings. The molecule has 0 atom stereocenters. The number of ether oxygens (including phenoxy) is 1. The van der Waals surface area contributed by atoms with Crippen molar-refractivity contribution in [2.75, 3.05) is 7.11 Å². The predicted molar refractivity (Wildman–Crippen MR) is 65.3 cm³/mol. The molecule has 0 bridgehead atoms. The zero-order chi connectivity index (χ0) is 12.1. The van der Waals surface area contributed by atoms with Crippen molar-refractivity contribution in [3.63, 3.8) is 0 Å². The third-order valence-corrected chi connectivity index (χ3v) is 2.76. The molecule has 1 rings (SSSR count). The van der Waals surface area contributed by atoms with E-state index in [0.717, 1.165) is 0 Å². The molecular formula is C11H7Br2FO2. The van der Waals surface area contributed by atoms with E-state index in [1.165, 1.54) is 13.2 Å². The van der Waals surface area contributed by atoms with Gasteiger partial charge in [-0.15, -0.1) is 0 Å². The lowest BCUT2D eigenvalue weighted by Crippen LogP contribution is -1.97. The van der Waals surface area contributed by atoms with Crippen LogP contribution < -0.4 is 0 Å². The SMILES string of the molecule is COC(=O)CC#Cc1c(F)cc(Br)cc1Br. The quantitative estimate of drug-likeness (QED) is 0.574. The van der Waals surface area contributed by atoms with E-state index in [9.17, 15) is 9.18 Å². The monoisotopic (exact) mass is 348 g/mol. The van der Waals surface area contributed by atoms with Crippen molar-refractivity contribution in [2.24, 2.45) is 0 Å². The Labute approximate surface area is 109 Å². The highest BCUT2D eigenvalue weighted by atomic mass is 79.9. The lowest BCUT2D eigenvalue weighted by atomic mass is 10.2. The highest BCUT2D eigenvalue weighted by Crippen LogP contribution is 2.24. The Balaban J connectivity index is 2.93. The second-order valence-corrected chi connectivity index (χ2v) is 4.57. The number of hydrogen-bond donors (Lipinski definition) is 0. The number of esters is 1. The van der Waals surface area contributed by atoms with Gasteiger partial charge in [0, 0.05) is 8.95 Å². The van der Waals surface area contributed by atoms with E-state index in [-0.39, 0.29) is 12.0 Å². The predicted octanol–water partition coefficient (Wildman–Crippen LogP) is 3.27. The van der Waals surface area contributed by atoms with Gasteiger partial charge >= 0.3 is 5.97 Å². The summed E-state index contributed by atoms with van der Waals surface area (Å²) in [6.07, 6.45) is -0.0571. The van der Waals surface area contributed by atoms with Crippen LogP contribution in [0.2, 0.25) is 0 Å². The molecule has 2 nitrogen and oxygen atoms in total. The lowest BCUT2D eigenvalue weighted by Gasteiger charge is -1.99. The molecule has 16 heavy (non-hydrogen) atoms. The van der Waals surface area contributed by atoms with Gasteiger partial charge in [0.2, 0.25) is 0 Å². The fourth-order valence-corrected chi connectivity index (χ4v) is 2.21. The summed E-state index contributed by atoms with van der Waals surface area (Å²) >= 11 is 6.35. The molecule has 0 aliphatic heterocycles. The second kappa shape index (κ2) is 6.02. The second-order valence-electron chi connectivity index (χ2n) is 2.80.